The lowest BCUT2D eigenvalue weighted by molar-refractivity contribution is -0.237. The Labute approximate surface area is 84.8 Å². The van der Waals surface area contributed by atoms with Gasteiger partial charge in [-0.2, -0.15) is 0 Å². The smallest absolute Gasteiger partial charge is 0.379 e. The van der Waals surface area contributed by atoms with Gasteiger partial charge in [0.15, 0.2) is 0 Å². The minimum absolute atomic E-state index is 0.261. The monoisotopic (exact) mass is 196 g/mol. The van der Waals surface area contributed by atoms with Crippen molar-refractivity contribution in [3.8, 4) is 11.8 Å². The third-order valence-corrected chi connectivity index (χ3v) is 1.91. The van der Waals surface area contributed by atoms with Gasteiger partial charge in [-0.3, -0.25) is 0 Å². The average Bonchev–Trinajstić information content (AvgIpc) is 2.08. The van der Waals surface area contributed by atoms with E-state index in [0.29, 0.717) is 6.42 Å². The fourth-order valence-corrected chi connectivity index (χ4v) is 1.16. The first-order valence-corrected chi connectivity index (χ1v) is 5.02. The SMILES string of the molecule is CCCCC1(C#CC(C)C)OC(=O)O1. The van der Waals surface area contributed by atoms with Gasteiger partial charge in [-0.25, -0.2) is 4.79 Å². The predicted octanol–water partition coefficient (Wildman–Crippen LogP) is 2.70. The highest BCUT2D eigenvalue weighted by Crippen LogP contribution is 2.30. The molecule has 0 aromatic carbocycles. The Bertz CT molecular complexity index is 262. The van der Waals surface area contributed by atoms with E-state index in [9.17, 15) is 4.79 Å². The van der Waals surface area contributed by atoms with Crippen molar-refractivity contribution in [1.29, 1.82) is 0 Å². The molecular formula is C11H16O3. The molecule has 0 N–H and O–H groups in total. The van der Waals surface area contributed by atoms with Gasteiger partial charge in [0.1, 0.15) is 0 Å². The van der Waals surface area contributed by atoms with E-state index in [-0.39, 0.29) is 5.92 Å². The molecule has 0 atom stereocenters. The Hall–Kier alpha value is -1.17. The van der Waals surface area contributed by atoms with E-state index < -0.39 is 11.9 Å². The molecule has 14 heavy (non-hydrogen) atoms. The molecule has 1 fully saturated rings. The van der Waals surface area contributed by atoms with Gasteiger partial charge in [-0.1, -0.05) is 33.1 Å². The summed E-state index contributed by atoms with van der Waals surface area (Å²) in [5, 5.41) is 0. The second-order valence-corrected chi connectivity index (χ2v) is 3.73. The van der Waals surface area contributed by atoms with Crippen LogP contribution < -0.4 is 0 Å². The second-order valence-electron chi connectivity index (χ2n) is 3.73. The summed E-state index contributed by atoms with van der Waals surface area (Å²) in [6.07, 6.45) is 2.03. The van der Waals surface area contributed by atoms with Gasteiger partial charge in [0.2, 0.25) is 0 Å². The summed E-state index contributed by atoms with van der Waals surface area (Å²) in [4.78, 5) is 10.6. The highest BCUT2D eigenvalue weighted by Gasteiger charge is 2.46. The summed E-state index contributed by atoms with van der Waals surface area (Å²) in [5.74, 6) is 5.17. The van der Waals surface area contributed by atoms with E-state index in [2.05, 4.69) is 18.8 Å². The van der Waals surface area contributed by atoms with E-state index in [1.54, 1.807) is 0 Å². The molecule has 0 bridgehead atoms. The maximum absolute atomic E-state index is 10.6. The van der Waals surface area contributed by atoms with Crippen LogP contribution in [0.25, 0.3) is 0 Å². The van der Waals surface area contributed by atoms with Gasteiger partial charge in [0.25, 0.3) is 0 Å². The molecule has 0 spiro atoms. The molecule has 3 nitrogen and oxygen atoms in total. The van der Waals surface area contributed by atoms with Gasteiger partial charge in [0, 0.05) is 12.3 Å². The summed E-state index contributed by atoms with van der Waals surface area (Å²) in [7, 11) is 0. The normalized spacial score (nSPS) is 17.6. The first-order valence-electron chi connectivity index (χ1n) is 5.02. The lowest BCUT2D eigenvalue weighted by atomic mass is 10.1. The maximum Gasteiger partial charge on any atom is 0.516 e. The van der Waals surface area contributed by atoms with Gasteiger partial charge in [-0.05, 0) is 12.3 Å². The highest BCUT2D eigenvalue weighted by molar-refractivity contribution is 5.67. The van der Waals surface area contributed by atoms with Crippen molar-refractivity contribution in [3.05, 3.63) is 0 Å². The third kappa shape index (κ3) is 2.66. The lowest BCUT2D eigenvalue weighted by Crippen LogP contribution is -2.49. The minimum Gasteiger partial charge on any atom is -0.379 e. The molecule has 1 saturated heterocycles. The molecule has 0 saturated carbocycles. The molecule has 1 aliphatic heterocycles. The van der Waals surface area contributed by atoms with Crippen molar-refractivity contribution in [2.45, 2.75) is 45.8 Å². The number of carbonyl (C=O) groups is 1. The van der Waals surface area contributed by atoms with E-state index in [0.717, 1.165) is 12.8 Å². The summed E-state index contributed by atoms with van der Waals surface area (Å²) in [6, 6.07) is 0. The number of unbranched alkanes of at least 4 members (excludes halogenated alkanes) is 1. The van der Waals surface area contributed by atoms with Crippen LogP contribution in [0.1, 0.15) is 40.0 Å². The number of carbonyl (C=O) groups excluding carboxylic acids is 1. The number of cyclic esters (lactones) is 2. The lowest BCUT2D eigenvalue weighted by Gasteiger charge is -2.35. The van der Waals surface area contributed by atoms with Crippen molar-refractivity contribution in [2.75, 3.05) is 0 Å². The molecule has 3 heteroatoms. The van der Waals surface area contributed by atoms with Crippen LogP contribution >= 0.6 is 0 Å². The molecular weight excluding hydrogens is 180 g/mol. The first-order chi connectivity index (χ1) is 6.58. The Morgan fingerprint density at radius 2 is 2.07 bits per heavy atom. The quantitative estimate of drug-likeness (QED) is 0.514. The average molecular weight is 196 g/mol. The van der Waals surface area contributed by atoms with Gasteiger partial charge < -0.3 is 9.47 Å². The van der Waals surface area contributed by atoms with E-state index in [1.807, 2.05) is 13.8 Å². The summed E-state index contributed by atoms with van der Waals surface area (Å²) < 4.78 is 9.89. The van der Waals surface area contributed by atoms with Crippen LogP contribution in [-0.4, -0.2) is 11.9 Å². The Morgan fingerprint density at radius 1 is 1.43 bits per heavy atom. The van der Waals surface area contributed by atoms with Crippen LogP contribution in [0.3, 0.4) is 0 Å². The molecule has 0 aliphatic carbocycles. The molecule has 1 heterocycles. The van der Waals surface area contributed by atoms with Crippen molar-refractivity contribution in [3.63, 3.8) is 0 Å². The molecule has 0 radical (unpaired) electrons. The zero-order valence-corrected chi connectivity index (χ0v) is 8.92. The van der Waals surface area contributed by atoms with E-state index >= 15 is 0 Å². The molecule has 1 rings (SSSR count). The highest BCUT2D eigenvalue weighted by atomic mass is 16.9. The third-order valence-electron chi connectivity index (χ3n) is 1.91. The predicted molar refractivity (Wildman–Crippen MR) is 52.4 cm³/mol. The summed E-state index contributed by atoms with van der Waals surface area (Å²) in [6.45, 7) is 6.05. The maximum atomic E-state index is 10.6. The molecule has 0 aromatic rings. The van der Waals surface area contributed by atoms with E-state index in [1.165, 1.54) is 0 Å². The van der Waals surface area contributed by atoms with Crippen LogP contribution in [0.4, 0.5) is 4.79 Å². The van der Waals surface area contributed by atoms with Crippen LogP contribution in [0, 0.1) is 17.8 Å². The minimum atomic E-state index is -0.933. The zero-order chi connectivity index (χ0) is 10.6. The van der Waals surface area contributed by atoms with E-state index in [4.69, 9.17) is 9.47 Å². The molecule has 0 aromatic heterocycles. The topological polar surface area (TPSA) is 35.5 Å². The van der Waals surface area contributed by atoms with Crippen LogP contribution in [0.15, 0.2) is 0 Å². The molecule has 1 aliphatic rings. The van der Waals surface area contributed by atoms with Crippen LogP contribution in [-0.2, 0) is 9.47 Å². The molecule has 0 unspecified atom stereocenters. The van der Waals surface area contributed by atoms with Crippen molar-refractivity contribution in [1.82, 2.24) is 0 Å². The van der Waals surface area contributed by atoms with Gasteiger partial charge >= 0.3 is 11.9 Å². The van der Waals surface area contributed by atoms with Gasteiger partial charge in [0.05, 0.1) is 0 Å². The van der Waals surface area contributed by atoms with Crippen molar-refractivity contribution < 1.29 is 14.3 Å². The van der Waals surface area contributed by atoms with Crippen molar-refractivity contribution >= 4 is 6.16 Å². The van der Waals surface area contributed by atoms with Crippen LogP contribution in [0.2, 0.25) is 0 Å². The summed E-state index contributed by atoms with van der Waals surface area (Å²) in [5.41, 5.74) is 0. The second kappa shape index (κ2) is 4.36. The number of rotatable bonds is 3. The number of hydrogen-bond acceptors (Lipinski definition) is 3. The Morgan fingerprint density at radius 3 is 2.50 bits per heavy atom. The van der Waals surface area contributed by atoms with Crippen molar-refractivity contribution in [2.24, 2.45) is 5.92 Å². The Balaban J connectivity index is 2.56. The largest absolute Gasteiger partial charge is 0.516 e. The van der Waals surface area contributed by atoms with Gasteiger partial charge in [-0.15, -0.1) is 0 Å². The fourth-order valence-electron chi connectivity index (χ4n) is 1.16. The fraction of sp³-hybridized carbons (Fsp3) is 0.727. The number of hydrogen-bond donors (Lipinski definition) is 0. The molecule has 78 valence electrons. The zero-order valence-electron chi connectivity index (χ0n) is 8.92. The standard InChI is InChI=1S/C11H16O3/c1-4-5-7-11(8-6-9(2)3)13-10(12)14-11/h9H,4-5,7H2,1-3H3. The first kappa shape index (κ1) is 10.9. The molecule has 0 amide bonds. The summed E-state index contributed by atoms with van der Waals surface area (Å²) >= 11 is 0. The number of ether oxygens (including phenoxy) is 2. The Kier molecular flexibility index (Phi) is 3.40. The van der Waals surface area contributed by atoms with Crippen LogP contribution in [0.5, 0.6) is 0 Å².